The lowest BCUT2D eigenvalue weighted by Crippen LogP contribution is -2.31. The van der Waals surface area contributed by atoms with Crippen molar-refractivity contribution in [2.24, 2.45) is 0 Å². The number of carbonyl (C=O) groups is 2. The van der Waals surface area contributed by atoms with E-state index in [9.17, 15) is 14.9 Å². The third-order valence-electron chi connectivity index (χ3n) is 4.52. The molecule has 2 aromatic rings. The van der Waals surface area contributed by atoms with E-state index in [1.165, 1.54) is 11.8 Å². The SMILES string of the molecule is Cc1ccc(NC(=O)CSC2=C(C#N)C(c3ccc(C)cc3)CC(=O)N2)cc1. The Morgan fingerprint density at radius 3 is 2.36 bits per heavy atom. The summed E-state index contributed by atoms with van der Waals surface area (Å²) < 4.78 is 0. The van der Waals surface area contributed by atoms with Crippen molar-refractivity contribution in [1.29, 1.82) is 5.26 Å². The molecule has 2 amide bonds. The fourth-order valence-corrected chi connectivity index (χ4v) is 3.87. The molecule has 2 aromatic carbocycles. The van der Waals surface area contributed by atoms with Crippen molar-refractivity contribution in [2.45, 2.75) is 26.2 Å². The summed E-state index contributed by atoms with van der Waals surface area (Å²) in [6.45, 7) is 3.97. The number of amides is 2. The summed E-state index contributed by atoms with van der Waals surface area (Å²) >= 11 is 1.18. The van der Waals surface area contributed by atoms with Crippen molar-refractivity contribution in [2.75, 3.05) is 11.1 Å². The number of hydrogen-bond acceptors (Lipinski definition) is 4. The molecule has 0 saturated heterocycles. The standard InChI is InChI=1S/C22H21N3O2S/c1-14-3-7-16(8-4-14)18-11-20(26)25-22(19(18)12-23)28-13-21(27)24-17-9-5-15(2)6-10-17/h3-10,18H,11,13H2,1-2H3,(H,24,27)(H,25,26). The summed E-state index contributed by atoms with van der Waals surface area (Å²) in [4.78, 5) is 24.4. The van der Waals surface area contributed by atoms with Gasteiger partial charge in [-0.05, 0) is 31.5 Å². The molecule has 1 atom stereocenters. The molecule has 142 valence electrons. The zero-order valence-electron chi connectivity index (χ0n) is 15.8. The normalized spacial score (nSPS) is 16.3. The van der Waals surface area contributed by atoms with Gasteiger partial charge in [0.2, 0.25) is 11.8 Å². The highest BCUT2D eigenvalue weighted by Crippen LogP contribution is 2.36. The van der Waals surface area contributed by atoms with Gasteiger partial charge in [-0.1, -0.05) is 59.3 Å². The fourth-order valence-electron chi connectivity index (χ4n) is 2.99. The Labute approximate surface area is 168 Å². The summed E-state index contributed by atoms with van der Waals surface area (Å²) in [5.41, 5.74) is 4.38. The van der Waals surface area contributed by atoms with Crippen molar-refractivity contribution in [3.05, 3.63) is 75.8 Å². The van der Waals surface area contributed by atoms with Gasteiger partial charge in [0, 0.05) is 18.0 Å². The summed E-state index contributed by atoms with van der Waals surface area (Å²) in [7, 11) is 0. The van der Waals surface area contributed by atoms with E-state index in [1.54, 1.807) is 0 Å². The zero-order chi connectivity index (χ0) is 20.1. The van der Waals surface area contributed by atoms with Gasteiger partial charge in [0.1, 0.15) is 0 Å². The fraction of sp³-hybridized carbons (Fsp3) is 0.227. The summed E-state index contributed by atoms with van der Waals surface area (Å²) in [5, 5.41) is 15.7. The van der Waals surface area contributed by atoms with Gasteiger partial charge in [-0.3, -0.25) is 9.59 Å². The molecule has 0 bridgehead atoms. The Hall–Kier alpha value is -3.04. The van der Waals surface area contributed by atoms with Gasteiger partial charge < -0.3 is 10.6 Å². The number of aryl methyl sites for hydroxylation is 2. The van der Waals surface area contributed by atoms with Crippen molar-refractivity contribution in [1.82, 2.24) is 5.32 Å². The van der Waals surface area contributed by atoms with Gasteiger partial charge in [-0.15, -0.1) is 0 Å². The topological polar surface area (TPSA) is 82.0 Å². The van der Waals surface area contributed by atoms with Crippen LogP contribution in [0, 0.1) is 25.2 Å². The van der Waals surface area contributed by atoms with Crippen LogP contribution in [0.4, 0.5) is 5.69 Å². The number of hydrogen-bond donors (Lipinski definition) is 2. The van der Waals surface area contributed by atoms with E-state index in [0.29, 0.717) is 10.6 Å². The minimum absolute atomic E-state index is 0.106. The molecule has 5 nitrogen and oxygen atoms in total. The maximum Gasteiger partial charge on any atom is 0.234 e. The molecular weight excluding hydrogens is 370 g/mol. The van der Waals surface area contributed by atoms with E-state index >= 15 is 0 Å². The maximum atomic E-state index is 12.3. The molecule has 1 aliphatic rings. The minimum atomic E-state index is -0.290. The first-order chi connectivity index (χ1) is 13.5. The van der Waals surface area contributed by atoms with E-state index in [4.69, 9.17) is 0 Å². The quantitative estimate of drug-likeness (QED) is 0.807. The molecule has 2 N–H and O–H groups in total. The number of allylic oxidation sites excluding steroid dienone is 1. The van der Waals surface area contributed by atoms with Crippen LogP contribution in [0.5, 0.6) is 0 Å². The molecule has 0 aromatic heterocycles. The Bertz CT molecular complexity index is 957. The van der Waals surface area contributed by atoms with Gasteiger partial charge in [-0.25, -0.2) is 0 Å². The lowest BCUT2D eigenvalue weighted by Gasteiger charge is -2.25. The van der Waals surface area contributed by atoms with E-state index in [2.05, 4.69) is 16.7 Å². The van der Waals surface area contributed by atoms with Crippen LogP contribution in [0.3, 0.4) is 0 Å². The van der Waals surface area contributed by atoms with Crippen molar-refractivity contribution >= 4 is 29.3 Å². The molecule has 0 radical (unpaired) electrons. The van der Waals surface area contributed by atoms with E-state index in [1.807, 2.05) is 62.4 Å². The van der Waals surface area contributed by atoms with Gasteiger partial charge in [0.25, 0.3) is 0 Å². The van der Waals surface area contributed by atoms with Gasteiger partial charge in [0.05, 0.1) is 22.4 Å². The van der Waals surface area contributed by atoms with Crippen molar-refractivity contribution in [3.63, 3.8) is 0 Å². The molecule has 0 fully saturated rings. The predicted molar refractivity (Wildman–Crippen MR) is 112 cm³/mol. The Morgan fingerprint density at radius 2 is 1.75 bits per heavy atom. The maximum absolute atomic E-state index is 12.3. The Morgan fingerprint density at radius 1 is 1.14 bits per heavy atom. The van der Waals surface area contributed by atoms with E-state index in [0.717, 1.165) is 22.4 Å². The third kappa shape index (κ3) is 4.81. The molecule has 0 spiro atoms. The summed E-state index contributed by atoms with van der Waals surface area (Å²) in [5.74, 6) is -0.520. The number of nitrogens with one attached hydrogen (secondary N) is 2. The number of benzene rings is 2. The second-order valence-electron chi connectivity index (χ2n) is 6.77. The number of anilines is 1. The first kappa shape index (κ1) is 19.7. The average molecular weight is 391 g/mol. The number of nitriles is 1. The van der Waals surface area contributed by atoms with Crippen LogP contribution >= 0.6 is 11.8 Å². The molecule has 1 unspecified atom stereocenters. The number of carbonyl (C=O) groups excluding carboxylic acids is 2. The highest BCUT2D eigenvalue weighted by atomic mass is 32.2. The van der Waals surface area contributed by atoms with Crippen LogP contribution in [0.25, 0.3) is 0 Å². The van der Waals surface area contributed by atoms with Gasteiger partial charge in [-0.2, -0.15) is 5.26 Å². The van der Waals surface area contributed by atoms with E-state index in [-0.39, 0.29) is 29.9 Å². The van der Waals surface area contributed by atoms with Crippen LogP contribution in [0.1, 0.15) is 29.0 Å². The van der Waals surface area contributed by atoms with Crippen LogP contribution in [-0.2, 0) is 9.59 Å². The highest BCUT2D eigenvalue weighted by Gasteiger charge is 2.29. The second-order valence-corrected chi connectivity index (χ2v) is 7.76. The van der Waals surface area contributed by atoms with Crippen LogP contribution < -0.4 is 10.6 Å². The summed E-state index contributed by atoms with van der Waals surface area (Å²) in [6, 6.07) is 17.6. The largest absolute Gasteiger partial charge is 0.325 e. The number of nitrogens with zero attached hydrogens (tertiary/aromatic N) is 1. The molecule has 3 rings (SSSR count). The number of rotatable bonds is 5. The smallest absolute Gasteiger partial charge is 0.234 e. The van der Waals surface area contributed by atoms with Crippen LogP contribution in [0.15, 0.2) is 59.1 Å². The molecule has 0 saturated carbocycles. The third-order valence-corrected chi connectivity index (χ3v) is 5.54. The second kappa shape index (κ2) is 8.77. The first-order valence-electron chi connectivity index (χ1n) is 8.96. The van der Waals surface area contributed by atoms with Crippen molar-refractivity contribution in [3.8, 4) is 6.07 Å². The van der Waals surface area contributed by atoms with Gasteiger partial charge in [0.15, 0.2) is 0 Å². The first-order valence-corrected chi connectivity index (χ1v) is 9.95. The average Bonchev–Trinajstić information content (AvgIpc) is 2.68. The monoisotopic (exact) mass is 391 g/mol. The van der Waals surface area contributed by atoms with Crippen LogP contribution in [-0.4, -0.2) is 17.6 Å². The molecule has 0 aliphatic carbocycles. The zero-order valence-corrected chi connectivity index (χ0v) is 16.6. The molecular formula is C22H21N3O2S. The minimum Gasteiger partial charge on any atom is -0.325 e. The Kier molecular flexibility index (Phi) is 6.17. The van der Waals surface area contributed by atoms with Crippen molar-refractivity contribution < 1.29 is 9.59 Å². The predicted octanol–water partition coefficient (Wildman–Crippen LogP) is 4.01. The van der Waals surface area contributed by atoms with Gasteiger partial charge >= 0.3 is 0 Å². The Balaban J connectivity index is 1.73. The van der Waals surface area contributed by atoms with E-state index < -0.39 is 0 Å². The highest BCUT2D eigenvalue weighted by molar-refractivity contribution is 8.03. The van der Waals surface area contributed by atoms with Crippen LogP contribution in [0.2, 0.25) is 0 Å². The molecule has 28 heavy (non-hydrogen) atoms. The molecule has 1 aliphatic heterocycles. The molecule has 6 heteroatoms. The number of thioether (sulfide) groups is 1. The molecule has 1 heterocycles. The lowest BCUT2D eigenvalue weighted by molar-refractivity contribution is -0.121. The summed E-state index contributed by atoms with van der Waals surface area (Å²) in [6.07, 6.45) is 0.228. The lowest BCUT2D eigenvalue weighted by atomic mass is 9.87.